The van der Waals surface area contributed by atoms with Crippen LogP contribution < -0.4 is 15.9 Å². The molecule has 0 radical (unpaired) electrons. The highest BCUT2D eigenvalue weighted by molar-refractivity contribution is 7.08. The molecule has 5 rings (SSSR count). The minimum atomic E-state index is -1.36. The number of hydrogen-bond donors (Lipinski definition) is 2. The number of nitrogens with one attached hydrogen (secondary N) is 1. The maximum absolute atomic E-state index is 13.1. The smallest absolute Gasteiger partial charge is 0.341 e. The lowest BCUT2D eigenvalue weighted by Gasteiger charge is -2.39. The minimum Gasteiger partial charge on any atom is -0.477 e. The average molecular weight is 551 g/mol. The van der Waals surface area contributed by atoms with Gasteiger partial charge in [0.1, 0.15) is 17.2 Å². The van der Waals surface area contributed by atoms with Crippen molar-refractivity contribution in [2.45, 2.75) is 26.7 Å². The number of ketones is 1. The zero-order valence-corrected chi connectivity index (χ0v) is 22.2. The Morgan fingerprint density at radius 2 is 2.03 bits per heavy atom. The molecule has 0 atom stereocenters. The number of carboxylic acids is 1. The molecule has 5 heterocycles. The van der Waals surface area contributed by atoms with Crippen LogP contribution in [0, 0.1) is 12.8 Å². The molecule has 202 valence electrons. The van der Waals surface area contributed by atoms with Crippen molar-refractivity contribution < 1.29 is 19.4 Å². The molecule has 13 heteroatoms. The second-order valence-electron chi connectivity index (χ2n) is 9.25. The number of carboxylic acid groups (broad SMARTS) is 1. The van der Waals surface area contributed by atoms with E-state index in [1.165, 1.54) is 23.0 Å². The predicted octanol–water partition coefficient (Wildman–Crippen LogP) is 2.42. The Hall–Kier alpha value is -4.23. The molecule has 2 N–H and O–H groups in total. The van der Waals surface area contributed by atoms with E-state index in [1.807, 2.05) is 11.8 Å². The maximum Gasteiger partial charge on any atom is 0.341 e. The molecule has 0 aliphatic carbocycles. The summed E-state index contributed by atoms with van der Waals surface area (Å²) in [5.41, 5.74) is 0.0660. The maximum atomic E-state index is 13.1. The van der Waals surface area contributed by atoms with E-state index in [0.29, 0.717) is 67.0 Å². The molecule has 0 spiro atoms. The molecule has 1 aliphatic rings. The van der Waals surface area contributed by atoms with Gasteiger partial charge in [-0.2, -0.15) is 9.36 Å². The Bertz CT molecular complexity index is 1670. The fraction of sp³-hybridized carbons (Fsp3) is 0.346. The van der Waals surface area contributed by atoms with Crippen molar-refractivity contribution in [3.05, 3.63) is 62.3 Å². The Morgan fingerprint density at radius 3 is 2.72 bits per heavy atom. The Labute approximate surface area is 226 Å². The monoisotopic (exact) mass is 550 g/mol. The average Bonchev–Trinajstić information content (AvgIpc) is 3.36. The molecule has 1 fully saturated rings. The van der Waals surface area contributed by atoms with Crippen LogP contribution in [-0.4, -0.2) is 67.1 Å². The molecule has 0 saturated carbocycles. The molecule has 0 aromatic carbocycles. The standard InChI is InChI=1S/C26H26N6O6S/c1-3-38-8-4-5-18(33)16-11-31(12-16)19-9-14(2)21-22(35)17(25(36)37)13-32(24(21)28-19)26-29-23(30-39-26)15-6-7-20(34)27-10-15/h6-7,9-10,13,16H,3-5,8,11-12H2,1-2H3,(H,27,34)(H,36,37). The van der Waals surface area contributed by atoms with Crippen LogP contribution in [0.3, 0.4) is 0 Å². The van der Waals surface area contributed by atoms with E-state index in [-0.39, 0.29) is 28.3 Å². The zero-order valence-electron chi connectivity index (χ0n) is 21.3. The normalized spacial score (nSPS) is 13.5. The quantitative estimate of drug-likeness (QED) is 0.281. The first-order chi connectivity index (χ1) is 18.8. The first-order valence-electron chi connectivity index (χ1n) is 12.5. The van der Waals surface area contributed by atoms with Gasteiger partial charge in [-0.05, 0) is 38.0 Å². The van der Waals surface area contributed by atoms with Crippen LogP contribution in [0.25, 0.3) is 27.6 Å². The number of hydrogen-bond acceptors (Lipinski definition) is 10. The molecule has 12 nitrogen and oxygen atoms in total. The highest BCUT2D eigenvalue weighted by Gasteiger charge is 2.33. The molecule has 1 aliphatic heterocycles. The number of H-pyrrole nitrogens is 1. The summed E-state index contributed by atoms with van der Waals surface area (Å²) in [4.78, 5) is 62.8. The Kier molecular flexibility index (Phi) is 7.35. The third-order valence-electron chi connectivity index (χ3n) is 6.61. The van der Waals surface area contributed by atoms with E-state index in [4.69, 9.17) is 9.72 Å². The summed E-state index contributed by atoms with van der Waals surface area (Å²) in [7, 11) is 0. The van der Waals surface area contributed by atoms with Crippen molar-refractivity contribution >= 4 is 40.1 Å². The molecule has 0 amide bonds. The van der Waals surface area contributed by atoms with Crippen molar-refractivity contribution in [1.82, 2.24) is 23.9 Å². The third kappa shape index (κ3) is 5.22. The molecule has 4 aromatic rings. The number of pyridine rings is 3. The van der Waals surface area contributed by atoms with Gasteiger partial charge in [0.05, 0.1) is 11.3 Å². The number of aromatic nitrogens is 5. The summed E-state index contributed by atoms with van der Waals surface area (Å²) in [5.74, 6) is -0.353. The summed E-state index contributed by atoms with van der Waals surface area (Å²) in [6.07, 6.45) is 3.85. The topological polar surface area (TPSA) is 160 Å². The molecule has 4 aromatic heterocycles. The molecule has 0 bridgehead atoms. The van der Waals surface area contributed by atoms with E-state index < -0.39 is 17.0 Å². The number of nitrogens with zero attached hydrogens (tertiary/aromatic N) is 5. The van der Waals surface area contributed by atoms with Crippen LogP contribution in [0.15, 0.2) is 40.2 Å². The van der Waals surface area contributed by atoms with E-state index >= 15 is 0 Å². The lowest BCUT2D eigenvalue weighted by molar-refractivity contribution is -0.123. The van der Waals surface area contributed by atoms with Crippen molar-refractivity contribution in [3.8, 4) is 16.5 Å². The second-order valence-corrected chi connectivity index (χ2v) is 9.98. The molecule has 39 heavy (non-hydrogen) atoms. The number of Topliss-reactive ketones (excluding diaryl/α,β-unsaturated/α-hetero) is 1. The summed E-state index contributed by atoms with van der Waals surface area (Å²) in [6.45, 7) is 5.86. The number of carbonyl (C=O) groups excluding carboxylic acids is 1. The highest BCUT2D eigenvalue weighted by atomic mass is 32.1. The van der Waals surface area contributed by atoms with Crippen LogP contribution in [0.5, 0.6) is 0 Å². The van der Waals surface area contributed by atoms with Crippen molar-refractivity contribution in [2.75, 3.05) is 31.2 Å². The van der Waals surface area contributed by atoms with Crippen LogP contribution in [-0.2, 0) is 9.53 Å². The lowest BCUT2D eigenvalue weighted by atomic mass is 9.92. The number of aromatic amines is 1. The van der Waals surface area contributed by atoms with Gasteiger partial charge in [0.25, 0.3) is 0 Å². The largest absolute Gasteiger partial charge is 0.477 e. The SMILES string of the molecule is CCOCCCC(=O)C1CN(c2cc(C)c3c(=O)c(C(=O)O)cn(-c4nc(-c5ccc(=O)[nH]c5)ns4)c3n2)C1. The van der Waals surface area contributed by atoms with Gasteiger partial charge in [0.2, 0.25) is 16.1 Å². The Morgan fingerprint density at radius 1 is 1.23 bits per heavy atom. The van der Waals surface area contributed by atoms with E-state index in [0.717, 1.165) is 11.5 Å². The summed E-state index contributed by atoms with van der Waals surface area (Å²) < 4.78 is 11.1. The van der Waals surface area contributed by atoms with E-state index in [1.54, 1.807) is 19.1 Å². The number of aromatic carboxylic acids is 1. The number of rotatable bonds is 10. The Balaban J connectivity index is 1.50. The lowest BCUT2D eigenvalue weighted by Crippen LogP contribution is -2.51. The van der Waals surface area contributed by atoms with Crippen LogP contribution in [0.1, 0.15) is 35.7 Å². The van der Waals surface area contributed by atoms with E-state index in [2.05, 4.69) is 14.3 Å². The molecule has 1 saturated heterocycles. The number of anilines is 1. The van der Waals surface area contributed by atoms with Crippen LogP contribution >= 0.6 is 11.5 Å². The number of aryl methyl sites for hydroxylation is 1. The highest BCUT2D eigenvalue weighted by Crippen LogP contribution is 2.30. The minimum absolute atomic E-state index is 0.0935. The molecular weight excluding hydrogens is 524 g/mol. The fourth-order valence-corrected chi connectivity index (χ4v) is 5.15. The van der Waals surface area contributed by atoms with Gasteiger partial charge in [-0.15, -0.1) is 0 Å². The summed E-state index contributed by atoms with van der Waals surface area (Å²) >= 11 is 1.00. The number of ether oxygens (including phenoxy) is 1. The van der Waals surface area contributed by atoms with Gasteiger partial charge in [-0.25, -0.2) is 9.78 Å². The van der Waals surface area contributed by atoms with Gasteiger partial charge < -0.3 is 19.7 Å². The van der Waals surface area contributed by atoms with Gasteiger partial charge >= 0.3 is 5.97 Å². The second kappa shape index (κ2) is 10.9. The summed E-state index contributed by atoms with van der Waals surface area (Å²) in [5, 5.41) is 10.2. The fourth-order valence-electron chi connectivity index (χ4n) is 4.48. The van der Waals surface area contributed by atoms with Crippen molar-refractivity contribution in [1.29, 1.82) is 0 Å². The van der Waals surface area contributed by atoms with Crippen molar-refractivity contribution in [2.24, 2.45) is 5.92 Å². The van der Waals surface area contributed by atoms with Gasteiger partial charge in [-0.1, -0.05) is 0 Å². The number of fused-ring (bicyclic) bond motifs is 1. The van der Waals surface area contributed by atoms with Gasteiger partial charge in [0.15, 0.2) is 11.5 Å². The molecular formula is C26H26N6O6S. The first-order valence-corrected chi connectivity index (χ1v) is 13.2. The summed E-state index contributed by atoms with van der Waals surface area (Å²) in [6, 6.07) is 4.67. The molecule has 0 unspecified atom stereocenters. The van der Waals surface area contributed by atoms with Gasteiger partial charge in [-0.3, -0.25) is 19.0 Å². The first kappa shape index (κ1) is 26.4. The van der Waals surface area contributed by atoms with Crippen LogP contribution in [0.2, 0.25) is 0 Å². The van der Waals surface area contributed by atoms with Gasteiger partial charge in [0, 0.05) is 68.3 Å². The van der Waals surface area contributed by atoms with Crippen molar-refractivity contribution in [3.63, 3.8) is 0 Å². The van der Waals surface area contributed by atoms with Crippen LogP contribution in [0.4, 0.5) is 5.82 Å². The third-order valence-corrected chi connectivity index (χ3v) is 7.33. The predicted molar refractivity (Wildman–Crippen MR) is 145 cm³/mol. The zero-order chi connectivity index (χ0) is 27.7. The number of carbonyl (C=O) groups is 2. The van der Waals surface area contributed by atoms with E-state index in [9.17, 15) is 24.3 Å².